The van der Waals surface area contributed by atoms with Crippen molar-refractivity contribution in [2.45, 2.75) is 13.3 Å². The van der Waals surface area contributed by atoms with Crippen molar-refractivity contribution < 1.29 is 4.74 Å². The Morgan fingerprint density at radius 2 is 2.11 bits per heavy atom. The van der Waals surface area contributed by atoms with Gasteiger partial charge in [0.05, 0.1) is 19.0 Å². The summed E-state index contributed by atoms with van der Waals surface area (Å²) >= 11 is 0. The van der Waals surface area contributed by atoms with Crippen LogP contribution < -0.4 is 10.1 Å². The molecule has 0 spiro atoms. The summed E-state index contributed by atoms with van der Waals surface area (Å²) in [5.41, 5.74) is 2.91. The van der Waals surface area contributed by atoms with E-state index in [1.165, 1.54) is 0 Å². The van der Waals surface area contributed by atoms with Crippen LogP contribution in [0.25, 0.3) is 11.3 Å². The van der Waals surface area contributed by atoms with Crippen LogP contribution in [-0.2, 0) is 6.42 Å². The number of hydrogen-bond donors (Lipinski definition) is 1. The molecule has 0 aromatic carbocycles. The van der Waals surface area contributed by atoms with Crippen molar-refractivity contribution in [2.75, 3.05) is 19.5 Å². The highest BCUT2D eigenvalue weighted by Crippen LogP contribution is 2.27. The average Bonchev–Trinajstić information content (AvgIpc) is 2.46. The molecule has 5 heteroatoms. The SMILES string of the molecule is CCc1c(NC)ncnc1-c1cncc(OC)c1. The number of ether oxygens (including phenoxy) is 1. The van der Waals surface area contributed by atoms with Gasteiger partial charge >= 0.3 is 0 Å². The molecule has 0 aliphatic carbocycles. The maximum absolute atomic E-state index is 5.18. The van der Waals surface area contributed by atoms with Gasteiger partial charge < -0.3 is 10.1 Å². The molecule has 94 valence electrons. The van der Waals surface area contributed by atoms with Gasteiger partial charge in [-0.05, 0) is 12.5 Å². The summed E-state index contributed by atoms with van der Waals surface area (Å²) in [5.74, 6) is 1.57. The molecule has 0 amide bonds. The Balaban J connectivity index is 2.55. The first-order chi connectivity index (χ1) is 8.80. The zero-order valence-corrected chi connectivity index (χ0v) is 10.8. The summed E-state index contributed by atoms with van der Waals surface area (Å²) in [6.07, 6.45) is 5.86. The van der Waals surface area contributed by atoms with Crippen molar-refractivity contribution >= 4 is 5.82 Å². The molecule has 5 nitrogen and oxygen atoms in total. The molecule has 0 fully saturated rings. The molecule has 0 radical (unpaired) electrons. The van der Waals surface area contributed by atoms with Gasteiger partial charge in [-0.1, -0.05) is 6.92 Å². The van der Waals surface area contributed by atoms with Gasteiger partial charge in [0.15, 0.2) is 0 Å². The van der Waals surface area contributed by atoms with Crippen LogP contribution in [0.2, 0.25) is 0 Å². The first kappa shape index (κ1) is 12.3. The van der Waals surface area contributed by atoms with Crippen LogP contribution in [0.15, 0.2) is 24.8 Å². The zero-order valence-electron chi connectivity index (χ0n) is 10.8. The van der Waals surface area contributed by atoms with Crippen molar-refractivity contribution in [3.05, 3.63) is 30.4 Å². The van der Waals surface area contributed by atoms with Crippen molar-refractivity contribution in [3.63, 3.8) is 0 Å². The highest BCUT2D eigenvalue weighted by Gasteiger charge is 2.11. The second-order valence-electron chi connectivity index (χ2n) is 3.77. The van der Waals surface area contributed by atoms with Crippen LogP contribution in [0, 0.1) is 0 Å². The third kappa shape index (κ3) is 2.25. The van der Waals surface area contributed by atoms with Crippen LogP contribution in [0.4, 0.5) is 5.82 Å². The van der Waals surface area contributed by atoms with E-state index in [1.54, 1.807) is 25.8 Å². The summed E-state index contributed by atoms with van der Waals surface area (Å²) in [5, 5.41) is 3.08. The summed E-state index contributed by atoms with van der Waals surface area (Å²) in [4.78, 5) is 12.7. The Labute approximate surface area is 106 Å². The number of rotatable bonds is 4. The maximum Gasteiger partial charge on any atom is 0.137 e. The van der Waals surface area contributed by atoms with E-state index < -0.39 is 0 Å². The summed E-state index contributed by atoms with van der Waals surface area (Å²) in [6, 6.07) is 1.92. The Morgan fingerprint density at radius 3 is 2.78 bits per heavy atom. The Kier molecular flexibility index (Phi) is 3.72. The maximum atomic E-state index is 5.18. The average molecular weight is 244 g/mol. The zero-order chi connectivity index (χ0) is 13.0. The van der Waals surface area contributed by atoms with Crippen molar-refractivity contribution in [1.82, 2.24) is 15.0 Å². The van der Waals surface area contributed by atoms with Crippen molar-refractivity contribution in [1.29, 1.82) is 0 Å². The predicted molar refractivity (Wildman–Crippen MR) is 70.7 cm³/mol. The second kappa shape index (κ2) is 5.44. The molecule has 1 N–H and O–H groups in total. The molecule has 2 aromatic heterocycles. The number of nitrogens with zero attached hydrogens (tertiary/aromatic N) is 3. The molecule has 0 aliphatic rings. The van der Waals surface area contributed by atoms with E-state index in [-0.39, 0.29) is 0 Å². The van der Waals surface area contributed by atoms with Crippen LogP contribution >= 0.6 is 0 Å². The van der Waals surface area contributed by atoms with Crippen LogP contribution in [-0.4, -0.2) is 29.1 Å². The highest BCUT2D eigenvalue weighted by atomic mass is 16.5. The van der Waals surface area contributed by atoms with Crippen molar-refractivity contribution in [2.24, 2.45) is 0 Å². The van der Waals surface area contributed by atoms with Gasteiger partial charge in [0.1, 0.15) is 17.9 Å². The summed E-state index contributed by atoms with van der Waals surface area (Å²) in [6.45, 7) is 2.08. The minimum atomic E-state index is 0.721. The van der Waals surface area contributed by atoms with E-state index in [4.69, 9.17) is 4.74 Å². The number of methoxy groups -OCH3 is 1. The van der Waals surface area contributed by atoms with E-state index in [9.17, 15) is 0 Å². The van der Waals surface area contributed by atoms with Gasteiger partial charge in [0.25, 0.3) is 0 Å². The van der Waals surface area contributed by atoms with Gasteiger partial charge in [-0.15, -0.1) is 0 Å². The molecular weight excluding hydrogens is 228 g/mol. The Hall–Kier alpha value is -2.17. The fraction of sp³-hybridized carbons (Fsp3) is 0.308. The fourth-order valence-corrected chi connectivity index (χ4v) is 1.87. The molecular formula is C13H16N4O. The van der Waals surface area contributed by atoms with E-state index in [2.05, 4.69) is 27.2 Å². The van der Waals surface area contributed by atoms with Gasteiger partial charge in [-0.2, -0.15) is 0 Å². The Morgan fingerprint density at radius 1 is 1.28 bits per heavy atom. The Bertz CT molecular complexity index is 542. The lowest BCUT2D eigenvalue weighted by Crippen LogP contribution is -2.02. The number of aromatic nitrogens is 3. The van der Waals surface area contributed by atoms with Gasteiger partial charge in [0, 0.05) is 24.4 Å². The molecule has 18 heavy (non-hydrogen) atoms. The van der Waals surface area contributed by atoms with Gasteiger partial charge in [-0.25, -0.2) is 9.97 Å². The smallest absolute Gasteiger partial charge is 0.137 e. The summed E-state index contributed by atoms with van der Waals surface area (Å²) < 4.78 is 5.18. The lowest BCUT2D eigenvalue weighted by atomic mass is 10.1. The topological polar surface area (TPSA) is 59.9 Å². The molecule has 0 saturated carbocycles. The van der Waals surface area contributed by atoms with E-state index >= 15 is 0 Å². The third-order valence-corrected chi connectivity index (χ3v) is 2.76. The van der Waals surface area contributed by atoms with Crippen molar-refractivity contribution in [3.8, 4) is 17.0 Å². The standard InChI is InChI=1S/C13H16N4O/c1-4-11-12(16-8-17-13(11)14-2)9-5-10(18-3)7-15-6-9/h5-8H,4H2,1-3H3,(H,14,16,17). The number of anilines is 1. The second-order valence-corrected chi connectivity index (χ2v) is 3.77. The largest absolute Gasteiger partial charge is 0.495 e. The highest BCUT2D eigenvalue weighted by molar-refractivity contribution is 5.68. The third-order valence-electron chi connectivity index (χ3n) is 2.76. The van der Waals surface area contributed by atoms with E-state index in [1.807, 2.05) is 13.1 Å². The van der Waals surface area contributed by atoms with Gasteiger partial charge in [-0.3, -0.25) is 4.98 Å². The molecule has 0 bridgehead atoms. The van der Waals surface area contributed by atoms with Crippen LogP contribution in [0.5, 0.6) is 5.75 Å². The number of pyridine rings is 1. The molecule has 2 rings (SSSR count). The predicted octanol–water partition coefficient (Wildman–Crippen LogP) is 2.15. The number of hydrogen-bond acceptors (Lipinski definition) is 5. The van der Waals surface area contributed by atoms with Crippen LogP contribution in [0.1, 0.15) is 12.5 Å². The summed E-state index contributed by atoms with van der Waals surface area (Å²) in [7, 11) is 3.48. The molecule has 0 unspecified atom stereocenters. The monoisotopic (exact) mass is 244 g/mol. The number of nitrogens with one attached hydrogen (secondary N) is 1. The first-order valence-corrected chi connectivity index (χ1v) is 5.81. The van der Waals surface area contributed by atoms with Crippen LogP contribution in [0.3, 0.4) is 0 Å². The van der Waals surface area contributed by atoms with E-state index in [0.29, 0.717) is 0 Å². The molecule has 2 aromatic rings. The van der Waals surface area contributed by atoms with Gasteiger partial charge in [0.2, 0.25) is 0 Å². The molecule has 2 heterocycles. The van der Waals surface area contributed by atoms with E-state index in [0.717, 1.165) is 34.8 Å². The molecule has 0 aliphatic heterocycles. The molecule has 0 saturated heterocycles. The first-order valence-electron chi connectivity index (χ1n) is 5.81. The minimum Gasteiger partial charge on any atom is -0.495 e. The lowest BCUT2D eigenvalue weighted by Gasteiger charge is -2.11. The molecule has 0 atom stereocenters. The normalized spacial score (nSPS) is 10.2. The fourth-order valence-electron chi connectivity index (χ4n) is 1.87. The minimum absolute atomic E-state index is 0.721. The quantitative estimate of drug-likeness (QED) is 0.893. The lowest BCUT2D eigenvalue weighted by molar-refractivity contribution is 0.413.